The molecule has 96 valence electrons. The Morgan fingerprint density at radius 1 is 1.22 bits per heavy atom. The van der Waals surface area contributed by atoms with Crippen molar-refractivity contribution in [3.8, 4) is 0 Å². The summed E-state index contributed by atoms with van der Waals surface area (Å²) >= 11 is 0. The Morgan fingerprint density at radius 3 is 2.28 bits per heavy atom. The Kier molecular flexibility index (Phi) is 2.37. The Hall–Kier alpha value is -1.27. The minimum absolute atomic E-state index is 0.0154. The van der Waals surface area contributed by atoms with Crippen molar-refractivity contribution < 1.29 is 17.9 Å². The molecule has 1 aromatic rings. The van der Waals surface area contributed by atoms with Crippen LogP contribution in [0.25, 0.3) is 0 Å². The summed E-state index contributed by atoms with van der Waals surface area (Å²) in [6.07, 6.45) is 1.40. The molecule has 3 rings (SSSR count). The van der Waals surface area contributed by atoms with E-state index in [4.69, 9.17) is 15.4 Å². The molecule has 0 unspecified atom stereocenters. The number of benzene rings is 1. The van der Waals surface area contributed by atoms with Gasteiger partial charge in [-0.15, -0.1) is 0 Å². The highest BCUT2D eigenvalue weighted by atomic mass is 35.7. The van der Waals surface area contributed by atoms with Gasteiger partial charge in [-0.05, 0) is 37.1 Å². The highest BCUT2D eigenvalue weighted by Gasteiger charge is 2.54. The van der Waals surface area contributed by atoms with Crippen LogP contribution in [0.1, 0.15) is 12.8 Å². The van der Waals surface area contributed by atoms with Crippen LogP contribution in [0, 0.1) is 0 Å². The van der Waals surface area contributed by atoms with Crippen molar-refractivity contribution in [3.05, 3.63) is 24.3 Å². The zero-order valence-corrected chi connectivity index (χ0v) is 10.9. The first-order chi connectivity index (χ1) is 8.40. The van der Waals surface area contributed by atoms with Crippen molar-refractivity contribution in [1.29, 1.82) is 0 Å². The third kappa shape index (κ3) is 1.95. The smallest absolute Gasteiger partial charge is 0.415 e. The number of ether oxygens (including phenoxy) is 1. The van der Waals surface area contributed by atoms with Gasteiger partial charge >= 0.3 is 6.09 Å². The highest BCUT2D eigenvalue weighted by molar-refractivity contribution is 8.13. The van der Waals surface area contributed by atoms with Crippen LogP contribution in [-0.2, 0) is 13.8 Å². The molecule has 18 heavy (non-hydrogen) atoms. The number of hydrogen-bond acceptors (Lipinski definition) is 4. The molecule has 1 heterocycles. The zero-order chi connectivity index (χ0) is 13.0. The molecular formula is C11H10ClNO4S. The Bertz CT molecular complexity index is 606. The fourth-order valence-corrected chi connectivity index (χ4v) is 2.78. The van der Waals surface area contributed by atoms with Gasteiger partial charge in [0.1, 0.15) is 5.60 Å². The lowest BCUT2D eigenvalue weighted by Gasteiger charge is -2.12. The number of halogens is 1. The van der Waals surface area contributed by atoms with Gasteiger partial charge < -0.3 is 4.74 Å². The van der Waals surface area contributed by atoms with E-state index in [1.807, 2.05) is 0 Å². The van der Waals surface area contributed by atoms with E-state index in [9.17, 15) is 13.2 Å². The first-order valence-electron chi connectivity index (χ1n) is 5.45. The van der Waals surface area contributed by atoms with Crippen LogP contribution < -0.4 is 4.90 Å². The van der Waals surface area contributed by atoms with Crippen LogP contribution in [-0.4, -0.2) is 26.7 Å². The molecule has 2 aliphatic rings. The minimum Gasteiger partial charge on any atom is -0.441 e. The zero-order valence-electron chi connectivity index (χ0n) is 9.30. The molecule has 1 aliphatic heterocycles. The van der Waals surface area contributed by atoms with Crippen LogP contribution in [0.5, 0.6) is 0 Å². The standard InChI is InChI=1S/C11H10ClNO4S/c12-18(15,16)9-3-1-8(2-4-9)13-7-11(5-6-11)17-10(13)14/h1-4H,5-7H2. The normalized spacial score (nSPS) is 21.2. The van der Waals surface area contributed by atoms with Gasteiger partial charge in [-0.2, -0.15) is 0 Å². The van der Waals surface area contributed by atoms with Gasteiger partial charge in [0.15, 0.2) is 0 Å². The molecule has 0 radical (unpaired) electrons. The molecule has 0 N–H and O–H groups in total. The van der Waals surface area contributed by atoms with Crippen LogP contribution >= 0.6 is 10.7 Å². The number of rotatable bonds is 2. The van der Waals surface area contributed by atoms with Gasteiger partial charge in [0.05, 0.1) is 11.4 Å². The summed E-state index contributed by atoms with van der Waals surface area (Å²) in [7, 11) is 1.49. The molecule has 1 aromatic carbocycles. The van der Waals surface area contributed by atoms with Gasteiger partial charge in [0.25, 0.3) is 9.05 Å². The lowest BCUT2D eigenvalue weighted by atomic mass is 10.2. The number of nitrogens with zero attached hydrogens (tertiary/aromatic N) is 1. The topological polar surface area (TPSA) is 63.7 Å². The van der Waals surface area contributed by atoms with Gasteiger partial charge in [-0.25, -0.2) is 13.2 Å². The summed E-state index contributed by atoms with van der Waals surface area (Å²) in [5, 5.41) is 0. The van der Waals surface area contributed by atoms with Crippen molar-refractivity contribution in [1.82, 2.24) is 0 Å². The van der Waals surface area contributed by atoms with Crippen molar-refractivity contribution in [3.63, 3.8) is 0 Å². The molecule has 1 aliphatic carbocycles. The van der Waals surface area contributed by atoms with E-state index in [2.05, 4.69) is 0 Å². The second kappa shape index (κ2) is 3.61. The average Bonchev–Trinajstić information content (AvgIpc) is 2.96. The predicted octanol–water partition coefficient (Wildman–Crippen LogP) is 2.10. The molecule has 1 saturated heterocycles. The summed E-state index contributed by atoms with van der Waals surface area (Å²) in [5.74, 6) is 0. The summed E-state index contributed by atoms with van der Waals surface area (Å²) in [4.78, 5) is 13.2. The molecule has 7 heteroatoms. The molecule has 5 nitrogen and oxygen atoms in total. The van der Waals surface area contributed by atoms with Crippen molar-refractivity contribution in [2.75, 3.05) is 11.4 Å². The molecule has 1 amide bonds. The molecule has 0 aromatic heterocycles. The Labute approximate surface area is 109 Å². The third-order valence-corrected chi connectivity index (χ3v) is 4.58. The second-order valence-electron chi connectivity index (χ2n) is 4.57. The fourth-order valence-electron chi connectivity index (χ4n) is 2.01. The summed E-state index contributed by atoms with van der Waals surface area (Å²) in [6.45, 7) is 0.527. The van der Waals surface area contributed by atoms with Crippen LogP contribution in [0.2, 0.25) is 0 Å². The molecule has 0 bridgehead atoms. The summed E-state index contributed by atoms with van der Waals surface area (Å²) in [5.41, 5.74) is 0.321. The predicted molar refractivity (Wildman–Crippen MR) is 65.3 cm³/mol. The maximum absolute atomic E-state index is 11.7. The van der Waals surface area contributed by atoms with Gasteiger partial charge in [0.2, 0.25) is 0 Å². The lowest BCUT2D eigenvalue weighted by Crippen LogP contribution is -2.24. The van der Waals surface area contributed by atoms with E-state index in [1.165, 1.54) is 17.0 Å². The van der Waals surface area contributed by atoms with Crippen LogP contribution in [0.3, 0.4) is 0 Å². The molecule has 1 spiro atoms. The largest absolute Gasteiger partial charge is 0.441 e. The summed E-state index contributed by atoms with van der Waals surface area (Å²) < 4.78 is 27.5. The van der Waals surface area contributed by atoms with E-state index in [0.717, 1.165) is 12.8 Å². The number of hydrogen-bond donors (Lipinski definition) is 0. The van der Waals surface area contributed by atoms with Gasteiger partial charge in [0, 0.05) is 16.4 Å². The number of amides is 1. The Balaban J connectivity index is 1.87. The monoisotopic (exact) mass is 287 g/mol. The van der Waals surface area contributed by atoms with Gasteiger partial charge in [-0.1, -0.05) is 0 Å². The molecule has 0 atom stereocenters. The van der Waals surface area contributed by atoms with E-state index >= 15 is 0 Å². The minimum atomic E-state index is -3.73. The van der Waals surface area contributed by atoms with E-state index in [-0.39, 0.29) is 16.6 Å². The Morgan fingerprint density at radius 2 is 1.83 bits per heavy atom. The highest BCUT2D eigenvalue weighted by Crippen LogP contribution is 2.45. The number of anilines is 1. The second-order valence-corrected chi connectivity index (χ2v) is 7.13. The number of carbonyl (C=O) groups excluding carboxylic acids is 1. The van der Waals surface area contributed by atoms with E-state index in [1.54, 1.807) is 12.1 Å². The quantitative estimate of drug-likeness (QED) is 0.782. The van der Waals surface area contributed by atoms with Crippen molar-refractivity contribution >= 4 is 31.5 Å². The van der Waals surface area contributed by atoms with Crippen LogP contribution in [0.15, 0.2) is 29.2 Å². The maximum atomic E-state index is 11.7. The molecular weight excluding hydrogens is 278 g/mol. The van der Waals surface area contributed by atoms with E-state index in [0.29, 0.717) is 12.2 Å². The van der Waals surface area contributed by atoms with E-state index < -0.39 is 9.05 Å². The third-order valence-electron chi connectivity index (χ3n) is 3.21. The van der Waals surface area contributed by atoms with Crippen molar-refractivity contribution in [2.24, 2.45) is 0 Å². The molecule has 1 saturated carbocycles. The number of carbonyl (C=O) groups is 1. The van der Waals surface area contributed by atoms with Crippen molar-refractivity contribution in [2.45, 2.75) is 23.3 Å². The first-order valence-corrected chi connectivity index (χ1v) is 7.76. The molecule has 2 fully saturated rings. The van der Waals surface area contributed by atoms with Gasteiger partial charge in [-0.3, -0.25) is 4.90 Å². The lowest BCUT2D eigenvalue weighted by molar-refractivity contribution is 0.129. The maximum Gasteiger partial charge on any atom is 0.415 e. The SMILES string of the molecule is O=C1OC2(CC2)CN1c1ccc(S(=O)(=O)Cl)cc1. The fraction of sp³-hybridized carbons (Fsp3) is 0.364. The summed E-state index contributed by atoms with van der Waals surface area (Å²) in [6, 6.07) is 5.86. The first kappa shape index (κ1) is 11.8. The average molecular weight is 288 g/mol. The van der Waals surface area contributed by atoms with Crippen LogP contribution in [0.4, 0.5) is 10.5 Å².